The van der Waals surface area contributed by atoms with Crippen LogP contribution in [0.3, 0.4) is 0 Å². The molecule has 8 heteroatoms. The summed E-state index contributed by atoms with van der Waals surface area (Å²) in [6, 6.07) is 5.61. The Bertz CT molecular complexity index is 863. The Kier molecular flexibility index (Phi) is 5.32. The van der Waals surface area contributed by atoms with Crippen LogP contribution in [-0.2, 0) is 0 Å². The molecule has 0 unspecified atom stereocenters. The molecule has 0 radical (unpaired) electrons. The number of piperazine rings is 2. The van der Waals surface area contributed by atoms with Crippen LogP contribution in [0.5, 0.6) is 0 Å². The number of hydrogen-bond donors (Lipinski definition) is 0. The molecule has 2 fully saturated rings. The van der Waals surface area contributed by atoms with E-state index in [1.54, 1.807) is 4.40 Å². The molecule has 0 N–H and O–H groups in total. The lowest BCUT2D eigenvalue weighted by molar-refractivity contribution is 0.0630. The molecular weight excluding hydrogens is 356 g/mol. The molecule has 0 saturated carbocycles. The van der Waals surface area contributed by atoms with E-state index in [0.29, 0.717) is 43.2 Å². The van der Waals surface area contributed by atoms with Crippen molar-refractivity contribution in [2.24, 2.45) is 0 Å². The minimum atomic E-state index is -0.102. The molecule has 2 saturated heterocycles. The first-order valence-corrected chi connectivity index (χ1v) is 10.0. The van der Waals surface area contributed by atoms with Gasteiger partial charge in [0.15, 0.2) is 5.69 Å². The zero-order valence-corrected chi connectivity index (χ0v) is 16.7. The van der Waals surface area contributed by atoms with Gasteiger partial charge in [0.05, 0.1) is 5.52 Å². The van der Waals surface area contributed by atoms with Crippen molar-refractivity contribution in [1.29, 1.82) is 0 Å². The largest absolute Gasteiger partial charge is 0.335 e. The molecule has 0 atom stereocenters. The van der Waals surface area contributed by atoms with E-state index in [2.05, 4.69) is 28.8 Å². The fraction of sp³-hybridized carbons (Fsp3) is 0.550. The summed E-state index contributed by atoms with van der Waals surface area (Å²) in [5.74, 6) is 0.138. The van der Waals surface area contributed by atoms with Crippen LogP contribution in [0.25, 0.3) is 5.52 Å². The van der Waals surface area contributed by atoms with Crippen molar-refractivity contribution >= 4 is 17.3 Å². The molecule has 150 valence electrons. The summed E-state index contributed by atoms with van der Waals surface area (Å²) in [5.41, 5.74) is 1.07. The van der Waals surface area contributed by atoms with Crippen LogP contribution in [0.1, 0.15) is 28.0 Å². The molecule has 4 rings (SSSR count). The molecule has 0 aliphatic carbocycles. The third-order valence-electron chi connectivity index (χ3n) is 5.84. The number of nitrogens with zero attached hydrogens (tertiary/aromatic N) is 6. The Labute approximate surface area is 165 Å². The molecule has 0 bridgehead atoms. The van der Waals surface area contributed by atoms with Gasteiger partial charge in [0.2, 0.25) is 5.82 Å². The predicted octanol–water partition coefficient (Wildman–Crippen LogP) is 0.500. The minimum Gasteiger partial charge on any atom is -0.335 e. The van der Waals surface area contributed by atoms with E-state index in [1.165, 1.54) is 0 Å². The van der Waals surface area contributed by atoms with Gasteiger partial charge in [-0.25, -0.2) is 4.98 Å². The van der Waals surface area contributed by atoms with Crippen LogP contribution >= 0.6 is 0 Å². The maximum Gasteiger partial charge on any atom is 0.290 e. The van der Waals surface area contributed by atoms with E-state index in [9.17, 15) is 9.59 Å². The van der Waals surface area contributed by atoms with Crippen LogP contribution in [-0.4, -0.2) is 107 Å². The number of amides is 2. The Balaban J connectivity index is 1.61. The summed E-state index contributed by atoms with van der Waals surface area (Å²) in [4.78, 5) is 39.0. The number of pyridine rings is 1. The first-order valence-electron chi connectivity index (χ1n) is 10.0. The van der Waals surface area contributed by atoms with Gasteiger partial charge < -0.3 is 19.6 Å². The van der Waals surface area contributed by atoms with Gasteiger partial charge in [0.1, 0.15) is 0 Å². The third kappa shape index (κ3) is 3.49. The van der Waals surface area contributed by atoms with Crippen LogP contribution < -0.4 is 0 Å². The van der Waals surface area contributed by atoms with E-state index < -0.39 is 0 Å². The van der Waals surface area contributed by atoms with Gasteiger partial charge in [-0.2, -0.15) is 0 Å². The summed E-state index contributed by atoms with van der Waals surface area (Å²) in [6.45, 7) is 9.33. The topological polar surface area (TPSA) is 64.4 Å². The van der Waals surface area contributed by atoms with E-state index in [-0.39, 0.29) is 11.8 Å². The molecular formula is C20H28N6O2. The number of aromatic nitrogens is 2. The van der Waals surface area contributed by atoms with Crippen molar-refractivity contribution in [3.8, 4) is 0 Å². The smallest absolute Gasteiger partial charge is 0.290 e. The SMILES string of the molecule is CCN1CCN(C(=O)c2nc(C(=O)N3CCN(C)CC3)c3ccccn23)CC1. The fourth-order valence-corrected chi connectivity index (χ4v) is 3.91. The molecule has 2 aromatic rings. The quantitative estimate of drug-likeness (QED) is 0.771. The Morgan fingerprint density at radius 2 is 1.57 bits per heavy atom. The summed E-state index contributed by atoms with van der Waals surface area (Å²) in [6.07, 6.45) is 1.82. The fourth-order valence-electron chi connectivity index (χ4n) is 3.91. The second-order valence-corrected chi connectivity index (χ2v) is 7.56. The van der Waals surface area contributed by atoms with E-state index >= 15 is 0 Å². The number of fused-ring (bicyclic) bond motifs is 1. The standard InChI is InChI=1S/C20H28N6O2/c1-3-23-10-14-25(15-11-23)20(28)18-21-17(16-6-4-5-7-26(16)18)19(27)24-12-8-22(2)9-13-24/h4-7H,3,8-15H2,1-2H3. The zero-order valence-electron chi connectivity index (χ0n) is 16.7. The van der Waals surface area contributed by atoms with Crippen molar-refractivity contribution in [3.63, 3.8) is 0 Å². The highest BCUT2D eigenvalue weighted by Gasteiger charge is 2.29. The molecule has 4 heterocycles. The minimum absolute atomic E-state index is 0.0911. The summed E-state index contributed by atoms with van der Waals surface area (Å²) in [7, 11) is 2.06. The second kappa shape index (κ2) is 7.89. The number of carbonyl (C=O) groups excluding carboxylic acids is 2. The highest BCUT2D eigenvalue weighted by atomic mass is 16.2. The van der Waals surface area contributed by atoms with E-state index in [1.807, 2.05) is 34.2 Å². The Morgan fingerprint density at radius 1 is 0.929 bits per heavy atom. The summed E-state index contributed by atoms with van der Waals surface area (Å²) >= 11 is 0. The molecule has 0 aromatic carbocycles. The number of hydrogen-bond acceptors (Lipinski definition) is 5. The van der Waals surface area contributed by atoms with Crippen molar-refractivity contribution < 1.29 is 9.59 Å². The zero-order chi connectivity index (χ0) is 19.7. The summed E-state index contributed by atoms with van der Waals surface area (Å²) in [5, 5.41) is 0. The van der Waals surface area contributed by atoms with Crippen LogP contribution in [0, 0.1) is 0 Å². The van der Waals surface area contributed by atoms with Crippen molar-refractivity contribution in [1.82, 2.24) is 29.0 Å². The van der Waals surface area contributed by atoms with Gasteiger partial charge in [-0.1, -0.05) is 13.0 Å². The first kappa shape index (κ1) is 18.9. The maximum absolute atomic E-state index is 13.2. The molecule has 0 spiro atoms. The number of likely N-dealkylation sites (N-methyl/N-ethyl adjacent to an activating group) is 2. The molecule has 2 aliphatic rings. The van der Waals surface area contributed by atoms with E-state index in [0.717, 1.165) is 32.7 Å². The lowest BCUT2D eigenvalue weighted by Gasteiger charge is -2.33. The van der Waals surface area contributed by atoms with Gasteiger partial charge in [-0.15, -0.1) is 0 Å². The van der Waals surface area contributed by atoms with Gasteiger partial charge in [0, 0.05) is 58.6 Å². The third-order valence-corrected chi connectivity index (χ3v) is 5.84. The first-order chi connectivity index (χ1) is 13.6. The Hall–Kier alpha value is -2.45. The van der Waals surface area contributed by atoms with Crippen LogP contribution in [0.2, 0.25) is 0 Å². The number of carbonyl (C=O) groups is 2. The highest BCUT2D eigenvalue weighted by molar-refractivity contribution is 6.02. The molecule has 28 heavy (non-hydrogen) atoms. The van der Waals surface area contributed by atoms with Crippen molar-refractivity contribution in [3.05, 3.63) is 35.9 Å². The predicted molar refractivity (Wildman–Crippen MR) is 107 cm³/mol. The molecule has 8 nitrogen and oxygen atoms in total. The Morgan fingerprint density at radius 3 is 2.25 bits per heavy atom. The van der Waals surface area contributed by atoms with Crippen LogP contribution in [0.15, 0.2) is 24.4 Å². The molecule has 2 aliphatic heterocycles. The van der Waals surface area contributed by atoms with Gasteiger partial charge >= 0.3 is 0 Å². The monoisotopic (exact) mass is 384 g/mol. The van der Waals surface area contributed by atoms with Crippen LogP contribution in [0.4, 0.5) is 0 Å². The maximum atomic E-state index is 13.2. The lowest BCUT2D eigenvalue weighted by Crippen LogP contribution is -2.49. The number of imidazole rings is 1. The normalized spacial score (nSPS) is 19.4. The van der Waals surface area contributed by atoms with Crippen molar-refractivity contribution in [2.75, 3.05) is 66.0 Å². The van der Waals surface area contributed by atoms with Gasteiger partial charge in [-0.05, 0) is 25.7 Å². The average molecular weight is 384 g/mol. The molecule has 2 aromatic heterocycles. The van der Waals surface area contributed by atoms with E-state index in [4.69, 9.17) is 0 Å². The van der Waals surface area contributed by atoms with Crippen molar-refractivity contribution in [2.45, 2.75) is 6.92 Å². The number of rotatable bonds is 3. The second-order valence-electron chi connectivity index (χ2n) is 7.56. The van der Waals surface area contributed by atoms with Gasteiger partial charge in [0.25, 0.3) is 11.8 Å². The van der Waals surface area contributed by atoms with Gasteiger partial charge in [-0.3, -0.25) is 14.0 Å². The highest BCUT2D eigenvalue weighted by Crippen LogP contribution is 2.18. The lowest BCUT2D eigenvalue weighted by atomic mass is 10.2. The average Bonchev–Trinajstić information content (AvgIpc) is 3.13. The molecule has 2 amide bonds. The summed E-state index contributed by atoms with van der Waals surface area (Å²) < 4.78 is 1.76.